The second-order valence-corrected chi connectivity index (χ2v) is 7.43. The highest BCUT2D eigenvalue weighted by molar-refractivity contribution is 7.98. The van der Waals surface area contributed by atoms with E-state index in [4.69, 9.17) is 0 Å². The van der Waals surface area contributed by atoms with Gasteiger partial charge in [0.1, 0.15) is 5.65 Å². The summed E-state index contributed by atoms with van der Waals surface area (Å²) in [5, 5.41) is 4.65. The van der Waals surface area contributed by atoms with Gasteiger partial charge in [0, 0.05) is 11.4 Å². The standard InChI is InChI=1S/C23H21N3OS/c1-4-15-25-19-7-5-6-8-20(19)26-23(25)22(16(2)24-26)21(27)14-11-17-9-12-18(28-3)13-10-17/h4-14H,1,15H2,2-3H3. The number of carbonyl (C=O) groups is 1. The lowest BCUT2D eigenvalue weighted by atomic mass is 10.1. The first-order valence-electron chi connectivity index (χ1n) is 9.08. The second-order valence-electron chi connectivity index (χ2n) is 6.55. The van der Waals surface area contributed by atoms with Crippen molar-refractivity contribution < 1.29 is 4.79 Å². The van der Waals surface area contributed by atoms with Crippen LogP contribution in [0.5, 0.6) is 0 Å². The molecule has 2 heterocycles. The zero-order chi connectivity index (χ0) is 19.7. The fourth-order valence-electron chi connectivity index (χ4n) is 3.49. The number of hydrogen-bond acceptors (Lipinski definition) is 3. The smallest absolute Gasteiger partial charge is 0.191 e. The summed E-state index contributed by atoms with van der Waals surface area (Å²) in [5.41, 5.74) is 5.19. The van der Waals surface area contributed by atoms with Crippen LogP contribution in [0.4, 0.5) is 0 Å². The Balaban J connectivity index is 1.80. The summed E-state index contributed by atoms with van der Waals surface area (Å²) in [6.45, 7) is 6.37. The zero-order valence-electron chi connectivity index (χ0n) is 15.9. The minimum absolute atomic E-state index is 0.0467. The van der Waals surface area contributed by atoms with Gasteiger partial charge in [-0.1, -0.05) is 36.4 Å². The Labute approximate surface area is 168 Å². The Bertz CT molecular complexity index is 1210. The number of carbonyl (C=O) groups excluding carboxylic acids is 1. The highest BCUT2D eigenvalue weighted by Crippen LogP contribution is 2.26. The SMILES string of the molecule is C=CCn1c2ccccc2n2nc(C)c(C(=O)C=Cc3ccc(SC)cc3)c12. The van der Waals surface area contributed by atoms with Crippen LogP contribution in [0.1, 0.15) is 21.6 Å². The summed E-state index contributed by atoms with van der Waals surface area (Å²) >= 11 is 1.70. The highest BCUT2D eigenvalue weighted by Gasteiger charge is 2.21. The fraction of sp³-hybridized carbons (Fsp3) is 0.130. The molecule has 28 heavy (non-hydrogen) atoms. The van der Waals surface area contributed by atoms with Crippen LogP contribution in [0.15, 0.2) is 72.2 Å². The van der Waals surface area contributed by atoms with Crippen molar-refractivity contribution in [2.45, 2.75) is 18.4 Å². The van der Waals surface area contributed by atoms with Gasteiger partial charge in [-0.25, -0.2) is 4.52 Å². The lowest BCUT2D eigenvalue weighted by Crippen LogP contribution is -2.02. The third-order valence-electron chi connectivity index (χ3n) is 4.79. The van der Waals surface area contributed by atoms with E-state index in [9.17, 15) is 4.79 Å². The molecule has 0 bridgehead atoms. The summed E-state index contributed by atoms with van der Waals surface area (Å²) in [5.74, 6) is -0.0467. The number of hydrogen-bond donors (Lipinski definition) is 0. The van der Waals surface area contributed by atoms with Gasteiger partial charge < -0.3 is 4.57 Å². The Kier molecular flexibility index (Phi) is 4.92. The lowest BCUT2D eigenvalue weighted by Gasteiger charge is -2.03. The number of ketones is 1. The highest BCUT2D eigenvalue weighted by atomic mass is 32.2. The number of aromatic nitrogens is 3. The number of aryl methyl sites for hydroxylation is 1. The summed E-state index contributed by atoms with van der Waals surface area (Å²) in [7, 11) is 0. The van der Waals surface area contributed by atoms with Gasteiger partial charge in [0.05, 0.1) is 22.3 Å². The van der Waals surface area contributed by atoms with Gasteiger partial charge >= 0.3 is 0 Å². The molecule has 0 atom stereocenters. The van der Waals surface area contributed by atoms with Crippen LogP contribution in [-0.4, -0.2) is 26.2 Å². The molecule has 0 saturated carbocycles. The molecule has 0 aliphatic heterocycles. The predicted octanol–water partition coefficient (Wildman–Crippen LogP) is 5.40. The van der Waals surface area contributed by atoms with Crippen LogP contribution in [0, 0.1) is 6.92 Å². The third kappa shape index (κ3) is 3.08. The molecule has 0 N–H and O–H groups in total. The Morgan fingerprint density at radius 2 is 1.86 bits per heavy atom. The molecule has 4 aromatic rings. The van der Waals surface area contributed by atoms with Gasteiger partial charge in [0.15, 0.2) is 5.78 Å². The molecule has 0 saturated heterocycles. The molecule has 2 aromatic carbocycles. The third-order valence-corrected chi connectivity index (χ3v) is 5.54. The molecule has 0 unspecified atom stereocenters. The zero-order valence-corrected chi connectivity index (χ0v) is 16.7. The van der Waals surface area contributed by atoms with Gasteiger partial charge in [0.25, 0.3) is 0 Å². The number of benzene rings is 2. The predicted molar refractivity (Wildman–Crippen MR) is 117 cm³/mol. The molecule has 5 heteroatoms. The molecule has 0 aliphatic carbocycles. The van der Waals surface area contributed by atoms with E-state index in [0.29, 0.717) is 12.1 Å². The molecule has 4 nitrogen and oxygen atoms in total. The molecule has 140 valence electrons. The monoisotopic (exact) mass is 387 g/mol. The number of nitrogens with zero attached hydrogens (tertiary/aromatic N) is 3. The molecule has 0 spiro atoms. The lowest BCUT2D eigenvalue weighted by molar-refractivity contribution is 0.104. The largest absolute Gasteiger partial charge is 0.320 e. The van der Waals surface area contributed by atoms with Gasteiger partial charge in [-0.2, -0.15) is 5.10 Å². The fourth-order valence-corrected chi connectivity index (χ4v) is 3.90. The topological polar surface area (TPSA) is 39.3 Å². The van der Waals surface area contributed by atoms with Crippen molar-refractivity contribution in [3.8, 4) is 0 Å². The maximum atomic E-state index is 13.1. The van der Waals surface area contributed by atoms with E-state index in [1.807, 2.05) is 66.2 Å². The maximum absolute atomic E-state index is 13.1. The molecule has 0 amide bonds. The van der Waals surface area contributed by atoms with E-state index in [2.05, 4.69) is 28.4 Å². The van der Waals surface area contributed by atoms with E-state index >= 15 is 0 Å². The first kappa shape index (κ1) is 18.3. The molecular weight excluding hydrogens is 366 g/mol. The molecule has 4 rings (SSSR count). The van der Waals surface area contributed by atoms with Crippen molar-refractivity contribution in [3.05, 3.63) is 84.1 Å². The number of rotatable bonds is 6. The molecule has 0 aliphatic rings. The van der Waals surface area contributed by atoms with Crippen molar-refractivity contribution in [2.24, 2.45) is 0 Å². The number of imidazole rings is 1. The molecule has 0 radical (unpaired) electrons. The van der Waals surface area contributed by atoms with Crippen molar-refractivity contribution in [1.82, 2.24) is 14.2 Å². The van der Waals surface area contributed by atoms with Gasteiger partial charge in [0.2, 0.25) is 0 Å². The average molecular weight is 388 g/mol. The summed E-state index contributed by atoms with van der Waals surface area (Å²) < 4.78 is 3.96. The van der Waals surface area contributed by atoms with Gasteiger partial charge in [-0.15, -0.1) is 18.3 Å². The average Bonchev–Trinajstić information content (AvgIpc) is 3.21. The van der Waals surface area contributed by atoms with Crippen molar-refractivity contribution in [3.63, 3.8) is 0 Å². The Morgan fingerprint density at radius 1 is 1.14 bits per heavy atom. The van der Waals surface area contributed by atoms with Crippen LogP contribution < -0.4 is 0 Å². The van der Waals surface area contributed by atoms with Crippen LogP contribution in [0.3, 0.4) is 0 Å². The minimum atomic E-state index is -0.0467. The first-order valence-corrected chi connectivity index (χ1v) is 10.3. The van der Waals surface area contributed by atoms with Crippen molar-refractivity contribution in [1.29, 1.82) is 0 Å². The molecule has 2 aromatic heterocycles. The number of allylic oxidation sites excluding steroid dienone is 2. The van der Waals surface area contributed by atoms with Gasteiger partial charge in [-0.05, 0) is 49.1 Å². The summed E-state index contributed by atoms with van der Waals surface area (Å²) in [6.07, 6.45) is 7.38. The molecular formula is C23H21N3OS. The number of fused-ring (bicyclic) bond motifs is 3. The van der Waals surface area contributed by atoms with E-state index in [1.165, 1.54) is 4.90 Å². The summed E-state index contributed by atoms with van der Waals surface area (Å²) in [4.78, 5) is 14.3. The summed E-state index contributed by atoms with van der Waals surface area (Å²) in [6, 6.07) is 16.2. The number of thioether (sulfide) groups is 1. The van der Waals surface area contributed by atoms with E-state index in [-0.39, 0.29) is 5.78 Å². The Morgan fingerprint density at radius 3 is 2.54 bits per heavy atom. The quantitative estimate of drug-likeness (QED) is 0.192. The Hall–Kier alpha value is -3.05. The first-order chi connectivity index (χ1) is 13.6. The van der Waals surface area contributed by atoms with Crippen molar-refractivity contribution in [2.75, 3.05) is 6.26 Å². The van der Waals surface area contributed by atoms with E-state index in [0.717, 1.165) is 27.9 Å². The number of para-hydroxylation sites is 2. The normalized spacial score (nSPS) is 11.6. The van der Waals surface area contributed by atoms with Gasteiger partial charge in [-0.3, -0.25) is 4.79 Å². The molecule has 0 fully saturated rings. The minimum Gasteiger partial charge on any atom is -0.320 e. The van der Waals surface area contributed by atoms with Crippen LogP contribution in [0.25, 0.3) is 22.8 Å². The second kappa shape index (κ2) is 7.52. The van der Waals surface area contributed by atoms with E-state index < -0.39 is 0 Å². The van der Waals surface area contributed by atoms with E-state index in [1.54, 1.807) is 17.8 Å². The van der Waals surface area contributed by atoms with Crippen LogP contribution in [0.2, 0.25) is 0 Å². The van der Waals surface area contributed by atoms with Crippen molar-refractivity contribution >= 4 is 40.3 Å². The maximum Gasteiger partial charge on any atom is 0.191 e. The van der Waals surface area contributed by atoms with Crippen LogP contribution >= 0.6 is 11.8 Å². The van der Waals surface area contributed by atoms with Crippen LogP contribution in [-0.2, 0) is 6.54 Å².